The van der Waals surface area contributed by atoms with E-state index in [1.54, 1.807) is 18.2 Å². The van der Waals surface area contributed by atoms with Crippen molar-refractivity contribution in [2.45, 2.75) is 25.8 Å². The fourth-order valence-corrected chi connectivity index (χ4v) is 3.68. The van der Waals surface area contributed by atoms with Crippen LogP contribution in [-0.4, -0.2) is 24.4 Å². The maximum Gasteiger partial charge on any atom is 0.294 e. The standard InChI is InChI=1S/C27H26N2O3/c1-20(16-17-21-10-4-2-5-11-21)28-26(30)19-29-23-14-8-9-15-24(23)32-25(27(29)31)18-22-12-6-3-7-13-22/h2-15,18,20H,16-17,19H2,1H3,(H,28,30)/b25-18+. The number of nitrogens with zero attached hydrogens (tertiary/aromatic N) is 1. The zero-order chi connectivity index (χ0) is 22.3. The van der Waals surface area contributed by atoms with Crippen molar-refractivity contribution >= 4 is 23.6 Å². The highest BCUT2D eigenvalue weighted by Crippen LogP contribution is 2.35. The van der Waals surface area contributed by atoms with Crippen LogP contribution >= 0.6 is 0 Å². The van der Waals surface area contributed by atoms with E-state index >= 15 is 0 Å². The quantitative estimate of drug-likeness (QED) is 0.562. The van der Waals surface area contributed by atoms with Gasteiger partial charge >= 0.3 is 0 Å². The molecule has 3 aromatic carbocycles. The van der Waals surface area contributed by atoms with Crippen molar-refractivity contribution in [2.75, 3.05) is 11.4 Å². The Bertz CT molecular complexity index is 1110. The van der Waals surface area contributed by atoms with Crippen molar-refractivity contribution in [1.82, 2.24) is 5.32 Å². The zero-order valence-corrected chi connectivity index (χ0v) is 18.0. The van der Waals surface area contributed by atoms with Gasteiger partial charge in [-0.25, -0.2) is 0 Å². The third kappa shape index (κ3) is 5.24. The van der Waals surface area contributed by atoms with Gasteiger partial charge in [-0.05, 0) is 49.1 Å². The van der Waals surface area contributed by atoms with Crippen molar-refractivity contribution in [3.05, 3.63) is 102 Å². The first-order valence-corrected chi connectivity index (χ1v) is 10.8. The van der Waals surface area contributed by atoms with Gasteiger partial charge in [-0.15, -0.1) is 0 Å². The predicted molar refractivity (Wildman–Crippen MR) is 126 cm³/mol. The lowest BCUT2D eigenvalue weighted by atomic mass is 10.1. The molecule has 0 aliphatic carbocycles. The molecule has 0 radical (unpaired) electrons. The third-order valence-electron chi connectivity index (χ3n) is 5.35. The average Bonchev–Trinajstić information content (AvgIpc) is 2.82. The van der Waals surface area contributed by atoms with Gasteiger partial charge in [-0.2, -0.15) is 0 Å². The van der Waals surface area contributed by atoms with Crippen LogP contribution in [0.1, 0.15) is 24.5 Å². The number of anilines is 1. The summed E-state index contributed by atoms with van der Waals surface area (Å²) in [4.78, 5) is 27.4. The summed E-state index contributed by atoms with van der Waals surface area (Å²) < 4.78 is 5.87. The fourth-order valence-electron chi connectivity index (χ4n) is 3.68. The highest BCUT2D eigenvalue weighted by atomic mass is 16.5. The number of ether oxygens (including phenoxy) is 1. The maximum absolute atomic E-state index is 13.2. The van der Waals surface area contributed by atoms with Gasteiger partial charge in [0.05, 0.1) is 5.69 Å². The fraction of sp³-hybridized carbons (Fsp3) is 0.185. The Morgan fingerprint density at radius 2 is 1.62 bits per heavy atom. The Kier molecular flexibility index (Phi) is 6.66. The number of rotatable bonds is 7. The van der Waals surface area contributed by atoms with E-state index in [2.05, 4.69) is 17.4 Å². The molecule has 2 amide bonds. The summed E-state index contributed by atoms with van der Waals surface area (Å²) in [6.45, 7) is 1.91. The van der Waals surface area contributed by atoms with Gasteiger partial charge in [0.2, 0.25) is 5.91 Å². The number of carbonyl (C=O) groups is 2. The van der Waals surface area contributed by atoms with Crippen molar-refractivity contribution in [2.24, 2.45) is 0 Å². The molecule has 1 aliphatic rings. The largest absolute Gasteiger partial charge is 0.449 e. The summed E-state index contributed by atoms with van der Waals surface area (Å²) in [6, 6.07) is 26.9. The van der Waals surface area contributed by atoms with E-state index in [1.165, 1.54) is 10.5 Å². The Balaban J connectivity index is 1.45. The number of hydrogen-bond donors (Lipinski definition) is 1. The summed E-state index contributed by atoms with van der Waals surface area (Å²) in [5.74, 6) is 0.216. The molecule has 5 heteroatoms. The first-order valence-electron chi connectivity index (χ1n) is 10.8. The maximum atomic E-state index is 13.2. The molecule has 1 heterocycles. The van der Waals surface area contributed by atoms with Crippen molar-refractivity contribution in [3.63, 3.8) is 0 Å². The summed E-state index contributed by atoms with van der Waals surface area (Å²) in [7, 11) is 0. The number of fused-ring (bicyclic) bond motifs is 1. The molecule has 1 N–H and O–H groups in total. The summed E-state index contributed by atoms with van der Waals surface area (Å²) >= 11 is 0. The van der Waals surface area contributed by atoms with Gasteiger partial charge in [-0.3, -0.25) is 14.5 Å². The lowest BCUT2D eigenvalue weighted by Gasteiger charge is -2.30. The van der Waals surface area contributed by atoms with Crippen molar-refractivity contribution < 1.29 is 14.3 Å². The van der Waals surface area contributed by atoms with Crippen LogP contribution in [0.15, 0.2) is 90.7 Å². The molecule has 5 nitrogen and oxygen atoms in total. The number of benzene rings is 3. The zero-order valence-electron chi connectivity index (χ0n) is 18.0. The van der Waals surface area contributed by atoms with E-state index in [0.29, 0.717) is 11.4 Å². The SMILES string of the molecule is CC(CCc1ccccc1)NC(=O)CN1C(=O)/C(=C\c2ccccc2)Oc2ccccc21. The molecule has 0 saturated carbocycles. The Morgan fingerprint density at radius 1 is 0.969 bits per heavy atom. The molecule has 1 unspecified atom stereocenters. The van der Waals surface area contributed by atoms with Crippen LogP contribution in [-0.2, 0) is 16.0 Å². The van der Waals surface area contributed by atoms with Gasteiger partial charge in [0.1, 0.15) is 6.54 Å². The smallest absolute Gasteiger partial charge is 0.294 e. The summed E-state index contributed by atoms with van der Waals surface area (Å²) in [6.07, 6.45) is 3.40. The minimum atomic E-state index is -0.334. The second kappa shape index (κ2) is 9.96. The molecule has 0 spiro atoms. The molecule has 4 rings (SSSR count). The van der Waals surface area contributed by atoms with Gasteiger partial charge in [0, 0.05) is 6.04 Å². The van der Waals surface area contributed by atoms with E-state index in [4.69, 9.17) is 4.74 Å². The molecular formula is C27H26N2O3. The van der Waals surface area contributed by atoms with E-state index in [9.17, 15) is 9.59 Å². The number of aryl methyl sites for hydroxylation is 1. The molecule has 162 valence electrons. The number of nitrogens with one attached hydrogen (secondary N) is 1. The molecule has 32 heavy (non-hydrogen) atoms. The van der Waals surface area contributed by atoms with Crippen LogP contribution < -0.4 is 15.0 Å². The van der Waals surface area contributed by atoms with E-state index in [0.717, 1.165) is 18.4 Å². The second-order valence-electron chi connectivity index (χ2n) is 7.87. The van der Waals surface area contributed by atoms with Crippen LogP contribution in [0.25, 0.3) is 6.08 Å². The Morgan fingerprint density at radius 3 is 2.38 bits per heavy atom. The lowest BCUT2D eigenvalue weighted by Crippen LogP contribution is -2.46. The van der Waals surface area contributed by atoms with Crippen LogP contribution in [0.5, 0.6) is 5.75 Å². The van der Waals surface area contributed by atoms with Crippen LogP contribution in [0, 0.1) is 0 Å². The third-order valence-corrected chi connectivity index (χ3v) is 5.35. The molecule has 0 bridgehead atoms. The van der Waals surface area contributed by atoms with Gasteiger partial charge in [0.25, 0.3) is 5.91 Å². The molecular weight excluding hydrogens is 400 g/mol. The first-order chi connectivity index (χ1) is 15.6. The van der Waals surface area contributed by atoms with Crippen LogP contribution in [0.4, 0.5) is 5.69 Å². The number of para-hydroxylation sites is 2. The molecule has 1 aliphatic heterocycles. The van der Waals surface area contributed by atoms with Crippen LogP contribution in [0.3, 0.4) is 0 Å². The lowest BCUT2D eigenvalue weighted by molar-refractivity contribution is -0.123. The number of amides is 2. The number of carbonyl (C=O) groups excluding carboxylic acids is 2. The first kappa shape index (κ1) is 21.4. The highest BCUT2D eigenvalue weighted by Gasteiger charge is 2.31. The number of hydrogen-bond acceptors (Lipinski definition) is 3. The van der Waals surface area contributed by atoms with E-state index < -0.39 is 0 Å². The Hall–Kier alpha value is -3.86. The van der Waals surface area contributed by atoms with Crippen molar-refractivity contribution in [1.29, 1.82) is 0 Å². The van der Waals surface area contributed by atoms with Gasteiger partial charge in [0.15, 0.2) is 11.5 Å². The van der Waals surface area contributed by atoms with E-state index in [-0.39, 0.29) is 30.2 Å². The minimum Gasteiger partial charge on any atom is -0.449 e. The molecule has 0 fully saturated rings. The highest BCUT2D eigenvalue weighted by molar-refractivity contribution is 6.12. The monoisotopic (exact) mass is 426 g/mol. The van der Waals surface area contributed by atoms with Crippen molar-refractivity contribution in [3.8, 4) is 5.75 Å². The Labute approximate surface area is 188 Å². The van der Waals surface area contributed by atoms with Crippen LogP contribution in [0.2, 0.25) is 0 Å². The topological polar surface area (TPSA) is 58.6 Å². The molecule has 1 atom stereocenters. The van der Waals surface area contributed by atoms with E-state index in [1.807, 2.05) is 67.6 Å². The molecule has 0 saturated heterocycles. The second-order valence-corrected chi connectivity index (χ2v) is 7.87. The average molecular weight is 427 g/mol. The predicted octanol–water partition coefficient (Wildman–Crippen LogP) is 4.59. The summed E-state index contributed by atoms with van der Waals surface area (Å²) in [5, 5.41) is 3.02. The minimum absolute atomic E-state index is 0.00609. The normalized spacial score (nSPS) is 15.1. The summed E-state index contributed by atoms with van der Waals surface area (Å²) in [5.41, 5.74) is 2.69. The molecule has 0 aromatic heterocycles. The van der Waals surface area contributed by atoms with Gasteiger partial charge < -0.3 is 10.1 Å². The molecule has 3 aromatic rings. The van der Waals surface area contributed by atoms with Gasteiger partial charge in [-0.1, -0.05) is 72.8 Å².